The molecule has 0 atom stereocenters. The minimum Gasteiger partial charge on any atom is -0.228 e. The highest BCUT2D eigenvalue weighted by Crippen LogP contribution is 2.60. The van der Waals surface area contributed by atoms with E-state index >= 15 is 0 Å². The van der Waals surface area contributed by atoms with E-state index in [-0.39, 0.29) is 10.8 Å². The molecule has 0 amide bonds. The monoisotopic (exact) mass is 656 g/mol. The molecule has 0 aliphatic heterocycles. The van der Waals surface area contributed by atoms with Gasteiger partial charge in [0.25, 0.3) is 0 Å². The number of nitrogens with zero attached hydrogens (tertiary/aromatic N) is 2. The third-order valence-corrected chi connectivity index (χ3v) is 12.1. The van der Waals surface area contributed by atoms with Crippen molar-refractivity contribution in [3.63, 3.8) is 0 Å². The molecule has 1 spiro atoms. The number of fused-ring (bicyclic) bond motifs is 8. The van der Waals surface area contributed by atoms with Gasteiger partial charge in [0.2, 0.25) is 0 Å². The molecule has 0 radical (unpaired) electrons. The third kappa shape index (κ3) is 4.69. The Balaban J connectivity index is 1.11. The topological polar surface area (TPSA) is 25.8 Å². The lowest BCUT2D eigenvalue weighted by atomic mass is 9.67. The Bertz CT molecular complexity index is 2410. The molecule has 0 unspecified atom stereocenters. The molecular formula is C49H40N2. The van der Waals surface area contributed by atoms with Gasteiger partial charge in [0, 0.05) is 27.5 Å². The molecule has 3 aliphatic carbocycles. The van der Waals surface area contributed by atoms with Crippen LogP contribution in [0.2, 0.25) is 0 Å². The quantitative estimate of drug-likeness (QED) is 0.188. The molecule has 10 rings (SSSR count). The zero-order valence-electron chi connectivity index (χ0n) is 29.3. The molecule has 0 bridgehead atoms. The lowest BCUT2D eigenvalue weighted by Crippen LogP contribution is -2.28. The summed E-state index contributed by atoms with van der Waals surface area (Å²) in [7, 11) is 0. The van der Waals surface area contributed by atoms with Gasteiger partial charge in [-0.3, -0.25) is 0 Å². The molecule has 1 saturated carbocycles. The summed E-state index contributed by atoms with van der Waals surface area (Å²) in [6.45, 7) is 4.80. The average Bonchev–Trinajstić information content (AvgIpc) is 3.58. The van der Waals surface area contributed by atoms with Crippen LogP contribution in [0.5, 0.6) is 0 Å². The van der Waals surface area contributed by atoms with E-state index in [1.54, 1.807) is 5.56 Å². The fourth-order valence-electron chi connectivity index (χ4n) is 9.50. The number of benzene rings is 6. The summed E-state index contributed by atoms with van der Waals surface area (Å²) in [5, 5.41) is 0. The molecule has 2 nitrogen and oxygen atoms in total. The van der Waals surface area contributed by atoms with Crippen LogP contribution in [0.1, 0.15) is 68.2 Å². The molecule has 1 fully saturated rings. The van der Waals surface area contributed by atoms with Crippen molar-refractivity contribution in [2.24, 2.45) is 0 Å². The summed E-state index contributed by atoms with van der Waals surface area (Å²) in [5.41, 5.74) is 19.3. The minimum absolute atomic E-state index is 0.0237. The summed E-state index contributed by atoms with van der Waals surface area (Å²) < 4.78 is 0. The molecular weight excluding hydrogens is 617 g/mol. The van der Waals surface area contributed by atoms with E-state index in [1.807, 2.05) is 24.3 Å². The summed E-state index contributed by atoms with van der Waals surface area (Å²) in [5.74, 6) is 0.738. The predicted molar refractivity (Wildman–Crippen MR) is 211 cm³/mol. The second kappa shape index (κ2) is 11.5. The summed E-state index contributed by atoms with van der Waals surface area (Å²) in [6.07, 6.45) is 6.37. The van der Waals surface area contributed by atoms with Gasteiger partial charge in [-0.2, -0.15) is 0 Å². The van der Waals surface area contributed by atoms with Crippen molar-refractivity contribution in [2.45, 2.75) is 56.8 Å². The minimum atomic E-state index is -0.0237. The van der Waals surface area contributed by atoms with Gasteiger partial charge >= 0.3 is 0 Å². The van der Waals surface area contributed by atoms with E-state index in [0.29, 0.717) is 0 Å². The van der Waals surface area contributed by atoms with E-state index in [2.05, 4.69) is 135 Å². The Hall–Kier alpha value is -5.60. The summed E-state index contributed by atoms with van der Waals surface area (Å²) >= 11 is 0. The number of hydrogen-bond donors (Lipinski definition) is 0. The highest BCUT2D eigenvalue weighted by atomic mass is 14.9. The van der Waals surface area contributed by atoms with Gasteiger partial charge in [-0.25, -0.2) is 9.97 Å². The molecule has 7 aromatic rings. The molecule has 1 aromatic heterocycles. The smallest absolute Gasteiger partial charge is 0.160 e. The van der Waals surface area contributed by atoms with Crippen LogP contribution in [-0.2, 0) is 10.8 Å². The standard InChI is InChI=1S/C49H40N2/c1-48(2)41-22-11-10-21-37(41)39-30-44-40(29-43(39)48)38-28-35(23-24-42(38)49(44)25-12-5-13-26-49)34-19-14-20-36(27-34)46-31-45(32-15-6-3-7-16-32)50-47(51-46)33-17-8-4-9-18-33/h3-4,6-11,14-24,27-31H,5,12-13,25-26H2,1-2H3. The normalized spacial score (nSPS) is 16.0. The first-order valence-electron chi connectivity index (χ1n) is 18.5. The Morgan fingerprint density at radius 1 is 0.392 bits per heavy atom. The van der Waals surface area contributed by atoms with Gasteiger partial charge in [-0.15, -0.1) is 0 Å². The Kier molecular flexibility index (Phi) is 6.80. The van der Waals surface area contributed by atoms with Crippen molar-refractivity contribution < 1.29 is 0 Å². The zero-order chi connectivity index (χ0) is 34.2. The highest BCUT2D eigenvalue weighted by Gasteiger charge is 2.46. The first kappa shape index (κ1) is 30.2. The molecule has 6 aromatic carbocycles. The molecule has 3 aliphatic rings. The lowest BCUT2D eigenvalue weighted by molar-refractivity contribution is 0.353. The summed E-state index contributed by atoms with van der Waals surface area (Å²) in [6, 6.07) is 53.3. The van der Waals surface area contributed by atoms with Crippen LogP contribution in [-0.4, -0.2) is 9.97 Å². The van der Waals surface area contributed by atoms with Crippen LogP contribution in [0.25, 0.3) is 67.3 Å². The van der Waals surface area contributed by atoms with E-state index < -0.39 is 0 Å². The van der Waals surface area contributed by atoms with Crippen molar-refractivity contribution in [3.8, 4) is 67.3 Å². The van der Waals surface area contributed by atoms with Gasteiger partial charge in [0.05, 0.1) is 11.4 Å². The zero-order valence-corrected chi connectivity index (χ0v) is 29.3. The fourth-order valence-corrected chi connectivity index (χ4v) is 9.50. The van der Waals surface area contributed by atoms with E-state index in [1.165, 1.54) is 82.2 Å². The van der Waals surface area contributed by atoms with Crippen LogP contribution in [0.15, 0.2) is 146 Å². The van der Waals surface area contributed by atoms with Gasteiger partial charge in [0.15, 0.2) is 5.82 Å². The Morgan fingerprint density at radius 2 is 0.980 bits per heavy atom. The Labute approximate surface area is 300 Å². The highest BCUT2D eigenvalue weighted by molar-refractivity contribution is 5.91. The lowest BCUT2D eigenvalue weighted by Gasteiger charge is -2.36. The number of aromatic nitrogens is 2. The summed E-state index contributed by atoms with van der Waals surface area (Å²) in [4.78, 5) is 10.2. The molecule has 1 heterocycles. The van der Waals surface area contributed by atoms with Crippen molar-refractivity contribution in [2.75, 3.05) is 0 Å². The molecule has 0 saturated heterocycles. The molecule has 2 heteroatoms. The maximum Gasteiger partial charge on any atom is 0.160 e. The number of rotatable bonds is 4. The first-order valence-corrected chi connectivity index (χ1v) is 18.5. The first-order chi connectivity index (χ1) is 25.0. The van der Waals surface area contributed by atoms with E-state index in [0.717, 1.165) is 33.9 Å². The van der Waals surface area contributed by atoms with Crippen LogP contribution in [0.4, 0.5) is 0 Å². The predicted octanol–water partition coefficient (Wildman–Crippen LogP) is 12.7. The van der Waals surface area contributed by atoms with Crippen molar-refractivity contribution in [1.29, 1.82) is 0 Å². The van der Waals surface area contributed by atoms with Gasteiger partial charge in [-0.1, -0.05) is 148 Å². The van der Waals surface area contributed by atoms with Gasteiger partial charge in [0.1, 0.15) is 0 Å². The van der Waals surface area contributed by atoms with Crippen molar-refractivity contribution in [3.05, 3.63) is 168 Å². The maximum atomic E-state index is 5.13. The van der Waals surface area contributed by atoms with E-state index in [9.17, 15) is 0 Å². The third-order valence-electron chi connectivity index (χ3n) is 12.1. The van der Waals surface area contributed by atoms with Gasteiger partial charge < -0.3 is 0 Å². The van der Waals surface area contributed by atoms with Crippen LogP contribution in [0, 0.1) is 0 Å². The number of hydrogen-bond acceptors (Lipinski definition) is 2. The molecule has 51 heavy (non-hydrogen) atoms. The second-order valence-corrected chi connectivity index (χ2v) is 15.3. The molecule has 246 valence electrons. The SMILES string of the molecule is CC1(C)c2ccccc2-c2cc3c(cc21)-c1cc(-c2cccc(-c4cc(-c5ccccc5)nc(-c5ccccc5)n4)c2)ccc1C31CCCCC1. The van der Waals surface area contributed by atoms with Crippen LogP contribution in [0.3, 0.4) is 0 Å². The van der Waals surface area contributed by atoms with Crippen LogP contribution >= 0.6 is 0 Å². The fraction of sp³-hybridized carbons (Fsp3) is 0.184. The van der Waals surface area contributed by atoms with E-state index in [4.69, 9.17) is 9.97 Å². The van der Waals surface area contributed by atoms with Crippen LogP contribution < -0.4 is 0 Å². The van der Waals surface area contributed by atoms with Gasteiger partial charge in [-0.05, 0) is 98.8 Å². The van der Waals surface area contributed by atoms with Crippen molar-refractivity contribution in [1.82, 2.24) is 9.97 Å². The largest absolute Gasteiger partial charge is 0.228 e. The van der Waals surface area contributed by atoms with Crippen molar-refractivity contribution >= 4 is 0 Å². The average molecular weight is 657 g/mol. The molecule has 0 N–H and O–H groups in total. The second-order valence-electron chi connectivity index (χ2n) is 15.3. The Morgan fingerprint density at radius 3 is 1.76 bits per heavy atom. The maximum absolute atomic E-state index is 5.13.